The van der Waals surface area contributed by atoms with Crippen molar-refractivity contribution in [3.05, 3.63) is 40.8 Å². The summed E-state index contributed by atoms with van der Waals surface area (Å²) in [6, 6.07) is 8.03. The minimum absolute atomic E-state index is 0.241. The SMILES string of the molecule is O=c1ccc2cc(S(=O)(=O)N3CCN(C4CCNC4)CC3)ccc2o1. The van der Waals surface area contributed by atoms with Gasteiger partial charge in [0, 0.05) is 50.2 Å². The highest BCUT2D eigenvalue weighted by Gasteiger charge is 2.32. The third-order valence-electron chi connectivity index (χ3n) is 5.05. The number of sulfonamides is 1. The predicted octanol–water partition coefficient (Wildman–Crippen LogP) is 0.461. The van der Waals surface area contributed by atoms with Gasteiger partial charge in [-0.25, -0.2) is 13.2 Å². The Kier molecular flexibility index (Phi) is 4.36. The summed E-state index contributed by atoms with van der Waals surface area (Å²) in [6.07, 6.45) is 1.13. The van der Waals surface area contributed by atoms with Crippen LogP contribution in [-0.2, 0) is 10.0 Å². The quantitative estimate of drug-likeness (QED) is 0.798. The Morgan fingerprint density at radius 1 is 1.08 bits per heavy atom. The zero-order valence-corrected chi connectivity index (χ0v) is 14.7. The Balaban J connectivity index is 1.53. The van der Waals surface area contributed by atoms with Gasteiger partial charge in [0.1, 0.15) is 5.58 Å². The summed E-state index contributed by atoms with van der Waals surface area (Å²) in [5.41, 5.74) is -0.0503. The smallest absolute Gasteiger partial charge is 0.336 e. The first-order valence-electron chi connectivity index (χ1n) is 8.53. The second-order valence-electron chi connectivity index (χ2n) is 6.54. The first-order valence-corrected chi connectivity index (χ1v) is 9.97. The molecule has 2 saturated heterocycles. The molecule has 0 spiro atoms. The van der Waals surface area contributed by atoms with Gasteiger partial charge in [0.15, 0.2) is 0 Å². The molecule has 7 nitrogen and oxygen atoms in total. The first kappa shape index (κ1) is 16.7. The van der Waals surface area contributed by atoms with Gasteiger partial charge in [0.25, 0.3) is 0 Å². The molecule has 0 bridgehead atoms. The molecule has 1 aromatic heterocycles. The number of rotatable bonds is 3. The standard InChI is InChI=1S/C17H21N3O4S/c21-17-4-1-13-11-15(2-3-16(13)24-17)25(22,23)20-9-7-19(8-10-20)14-5-6-18-12-14/h1-4,11,14,18H,5-10,12H2. The molecule has 2 aromatic rings. The number of fused-ring (bicyclic) bond motifs is 1. The van der Waals surface area contributed by atoms with Crippen molar-refractivity contribution in [1.82, 2.24) is 14.5 Å². The van der Waals surface area contributed by atoms with Crippen molar-refractivity contribution in [2.75, 3.05) is 39.3 Å². The number of nitrogens with one attached hydrogen (secondary N) is 1. The van der Waals surface area contributed by atoms with E-state index < -0.39 is 15.6 Å². The summed E-state index contributed by atoms with van der Waals surface area (Å²) in [5.74, 6) is 0. The van der Waals surface area contributed by atoms with Gasteiger partial charge in [0.05, 0.1) is 4.90 Å². The third kappa shape index (κ3) is 3.22. The van der Waals surface area contributed by atoms with Crippen LogP contribution in [0.15, 0.2) is 44.4 Å². The monoisotopic (exact) mass is 363 g/mol. The lowest BCUT2D eigenvalue weighted by Gasteiger charge is -2.37. The van der Waals surface area contributed by atoms with Crippen molar-refractivity contribution in [3.63, 3.8) is 0 Å². The van der Waals surface area contributed by atoms with Gasteiger partial charge in [-0.05, 0) is 37.2 Å². The molecule has 1 unspecified atom stereocenters. The molecule has 0 saturated carbocycles. The average molecular weight is 363 g/mol. The summed E-state index contributed by atoms with van der Waals surface area (Å²) in [4.78, 5) is 13.9. The van der Waals surface area contributed by atoms with E-state index in [1.54, 1.807) is 22.5 Å². The summed E-state index contributed by atoms with van der Waals surface area (Å²) >= 11 is 0. The minimum atomic E-state index is -3.54. The first-order chi connectivity index (χ1) is 12.0. The van der Waals surface area contributed by atoms with Crippen LogP contribution in [0.5, 0.6) is 0 Å². The highest BCUT2D eigenvalue weighted by Crippen LogP contribution is 2.23. The fraction of sp³-hybridized carbons (Fsp3) is 0.471. The summed E-state index contributed by atoms with van der Waals surface area (Å²) in [5, 5.41) is 3.96. The lowest BCUT2D eigenvalue weighted by Crippen LogP contribution is -2.52. The van der Waals surface area contributed by atoms with E-state index in [-0.39, 0.29) is 4.90 Å². The topological polar surface area (TPSA) is 82.9 Å². The van der Waals surface area contributed by atoms with E-state index in [1.807, 2.05) is 0 Å². The molecule has 8 heteroatoms. The molecular weight excluding hydrogens is 342 g/mol. The van der Waals surface area contributed by atoms with E-state index in [0.29, 0.717) is 30.1 Å². The van der Waals surface area contributed by atoms with Crippen LogP contribution < -0.4 is 10.9 Å². The molecule has 0 radical (unpaired) electrons. The van der Waals surface area contributed by atoms with Crippen molar-refractivity contribution >= 4 is 21.0 Å². The van der Waals surface area contributed by atoms with E-state index in [9.17, 15) is 13.2 Å². The molecule has 3 heterocycles. The zero-order valence-electron chi connectivity index (χ0n) is 13.8. The molecule has 0 amide bonds. The van der Waals surface area contributed by atoms with Crippen molar-refractivity contribution in [2.24, 2.45) is 0 Å². The van der Waals surface area contributed by atoms with Gasteiger partial charge in [-0.2, -0.15) is 4.31 Å². The Bertz CT molecular complexity index is 926. The van der Waals surface area contributed by atoms with Crippen LogP contribution >= 0.6 is 0 Å². The molecule has 4 rings (SSSR count). The Hall–Kier alpha value is -1.74. The van der Waals surface area contributed by atoms with Crippen LogP contribution in [0.3, 0.4) is 0 Å². The maximum atomic E-state index is 12.9. The van der Waals surface area contributed by atoms with Crippen LogP contribution in [-0.4, -0.2) is 62.9 Å². The fourth-order valence-corrected chi connectivity index (χ4v) is 5.08. The number of hydrogen-bond donors (Lipinski definition) is 1. The van der Waals surface area contributed by atoms with Crippen LogP contribution in [0.25, 0.3) is 11.0 Å². The van der Waals surface area contributed by atoms with Crippen LogP contribution in [0.4, 0.5) is 0 Å². The number of hydrogen-bond acceptors (Lipinski definition) is 6. The molecule has 0 aliphatic carbocycles. The molecule has 2 fully saturated rings. The summed E-state index contributed by atoms with van der Waals surface area (Å²) in [7, 11) is -3.54. The third-order valence-corrected chi connectivity index (χ3v) is 6.95. The van der Waals surface area contributed by atoms with E-state index in [0.717, 1.165) is 32.6 Å². The van der Waals surface area contributed by atoms with E-state index >= 15 is 0 Å². The van der Waals surface area contributed by atoms with Crippen molar-refractivity contribution in [2.45, 2.75) is 17.4 Å². The predicted molar refractivity (Wildman–Crippen MR) is 94.1 cm³/mol. The highest BCUT2D eigenvalue weighted by atomic mass is 32.2. The van der Waals surface area contributed by atoms with Crippen LogP contribution in [0, 0.1) is 0 Å². The maximum Gasteiger partial charge on any atom is 0.336 e. The summed E-state index contributed by atoms with van der Waals surface area (Å²) in [6.45, 7) is 4.54. The Labute approximate surface area is 146 Å². The molecule has 1 N–H and O–H groups in total. The number of piperazine rings is 1. The average Bonchev–Trinajstić information content (AvgIpc) is 3.16. The molecule has 2 aliphatic heterocycles. The van der Waals surface area contributed by atoms with Gasteiger partial charge in [0.2, 0.25) is 10.0 Å². The maximum absolute atomic E-state index is 12.9. The van der Waals surface area contributed by atoms with Gasteiger partial charge >= 0.3 is 5.63 Å². The zero-order chi connectivity index (χ0) is 17.4. The molecule has 2 aliphatic rings. The van der Waals surface area contributed by atoms with Gasteiger partial charge in [-0.15, -0.1) is 0 Å². The molecule has 134 valence electrons. The Morgan fingerprint density at radius 2 is 1.88 bits per heavy atom. The highest BCUT2D eigenvalue weighted by molar-refractivity contribution is 7.89. The van der Waals surface area contributed by atoms with Crippen LogP contribution in [0.2, 0.25) is 0 Å². The Morgan fingerprint density at radius 3 is 2.60 bits per heavy atom. The molecule has 25 heavy (non-hydrogen) atoms. The van der Waals surface area contributed by atoms with E-state index in [2.05, 4.69) is 10.2 Å². The van der Waals surface area contributed by atoms with Crippen LogP contribution in [0.1, 0.15) is 6.42 Å². The summed E-state index contributed by atoms with van der Waals surface area (Å²) < 4.78 is 32.5. The van der Waals surface area contributed by atoms with Crippen molar-refractivity contribution < 1.29 is 12.8 Å². The van der Waals surface area contributed by atoms with E-state index in [4.69, 9.17) is 4.42 Å². The van der Waals surface area contributed by atoms with Gasteiger partial charge < -0.3 is 9.73 Å². The van der Waals surface area contributed by atoms with Gasteiger partial charge in [-0.3, -0.25) is 4.90 Å². The number of benzene rings is 1. The molecule has 1 aromatic carbocycles. The lowest BCUT2D eigenvalue weighted by atomic mass is 10.2. The molecular formula is C17H21N3O4S. The van der Waals surface area contributed by atoms with Gasteiger partial charge in [-0.1, -0.05) is 0 Å². The fourth-order valence-electron chi connectivity index (χ4n) is 3.62. The lowest BCUT2D eigenvalue weighted by molar-refractivity contribution is 0.145. The largest absolute Gasteiger partial charge is 0.423 e. The normalized spacial score (nSPS) is 23.3. The van der Waals surface area contributed by atoms with Crippen molar-refractivity contribution in [3.8, 4) is 0 Å². The van der Waals surface area contributed by atoms with Crippen molar-refractivity contribution in [1.29, 1.82) is 0 Å². The van der Waals surface area contributed by atoms with E-state index in [1.165, 1.54) is 12.1 Å². The number of nitrogens with zero attached hydrogens (tertiary/aromatic N) is 2. The molecule has 1 atom stereocenters. The minimum Gasteiger partial charge on any atom is -0.423 e. The second kappa shape index (κ2) is 6.53. The second-order valence-corrected chi connectivity index (χ2v) is 8.48.